The number of carbonyl (C=O) groups is 1. The van der Waals surface area contributed by atoms with Crippen LogP contribution >= 0.6 is 0 Å². The summed E-state index contributed by atoms with van der Waals surface area (Å²) in [5.41, 5.74) is 0.885. The Balaban J connectivity index is 1.82. The zero-order valence-electron chi connectivity index (χ0n) is 15.8. The second-order valence-electron chi connectivity index (χ2n) is 6.03. The lowest BCUT2D eigenvalue weighted by Gasteiger charge is -2.21. The van der Waals surface area contributed by atoms with Gasteiger partial charge in [0.25, 0.3) is 21.6 Å². The lowest BCUT2D eigenvalue weighted by molar-refractivity contribution is -0.384. The number of sulfonamides is 1. The topological polar surface area (TPSA) is 119 Å². The Bertz CT molecular complexity index is 1150. The van der Waals surface area contributed by atoms with Gasteiger partial charge >= 0.3 is 0 Å². The van der Waals surface area contributed by atoms with Crippen molar-refractivity contribution in [1.82, 2.24) is 0 Å². The molecule has 0 unspecified atom stereocenters. The van der Waals surface area contributed by atoms with E-state index in [0.717, 1.165) is 24.3 Å². The van der Waals surface area contributed by atoms with Crippen molar-refractivity contribution < 1.29 is 23.0 Å². The molecule has 3 rings (SSSR count). The van der Waals surface area contributed by atoms with E-state index in [1.807, 2.05) is 6.07 Å². The van der Waals surface area contributed by atoms with Crippen molar-refractivity contribution in [3.8, 4) is 0 Å². The van der Waals surface area contributed by atoms with Crippen molar-refractivity contribution >= 4 is 33.0 Å². The summed E-state index contributed by atoms with van der Waals surface area (Å²) in [6.07, 6.45) is 0. The van der Waals surface area contributed by atoms with Gasteiger partial charge in [-0.2, -0.15) is 8.42 Å². The van der Waals surface area contributed by atoms with Crippen molar-refractivity contribution in [2.75, 3.05) is 16.9 Å². The van der Waals surface area contributed by atoms with E-state index in [4.69, 9.17) is 4.84 Å². The van der Waals surface area contributed by atoms with Gasteiger partial charge in [0.05, 0.1) is 22.6 Å². The Morgan fingerprint density at radius 1 is 0.967 bits per heavy atom. The van der Waals surface area contributed by atoms with Crippen LogP contribution in [0.25, 0.3) is 0 Å². The van der Waals surface area contributed by atoms with Gasteiger partial charge in [-0.15, -0.1) is 4.47 Å². The van der Waals surface area contributed by atoms with Crippen LogP contribution in [0.4, 0.5) is 17.1 Å². The van der Waals surface area contributed by atoms with Gasteiger partial charge in [0.1, 0.15) is 0 Å². The third-order valence-corrected chi connectivity index (χ3v) is 5.77. The highest BCUT2D eigenvalue weighted by Gasteiger charge is 2.26. The van der Waals surface area contributed by atoms with Gasteiger partial charge in [-0.25, -0.2) is 0 Å². The zero-order valence-corrected chi connectivity index (χ0v) is 16.6. The number of nitro groups is 1. The number of para-hydroxylation sites is 1. The third kappa shape index (κ3) is 4.45. The molecule has 0 saturated carbocycles. The highest BCUT2D eigenvalue weighted by molar-refractivity contribution is 7.92. The van der Waals surface area contributed by atoms with Crippen molar-refractivity contribution in [3.05, 3.63) is 94.5 Å². The fourth-order valence-electron chi connectivity index (χ4n) is 2.64. The Morgan fingerprint density at radius 2 is 1.57 bits per heavy atom. The second-order valence-corrected chi connectivity index (χ2v) is 7.79. The molecule has 154 valence electrons. The first kappa shape index (κ1) is 21.0. The zero-order chi connectivity index (χ0) is 21.7. The molecule has 0 heterocycles. The molecule has 0 radical (unpaired) electrons. The number of anilines is 2. The minimum Gasteiger partial charge on any atom is -0.322 e. The SMILES string of the molecule is CON(c1ccc(C(=O)Nc2ccccc2)cc1)S(=O)(=O)c1ccc([N+](=O)[O-])cc1. The Labute approximate surface area is 172 Å². The largest absolute Gasteiger partial charge is 0.322 e. The predicted molar refractivity (Wildman–Crippen MR) is 111 cm³/mol. The van der Waals surface area contributed by atoms with Crippen LogP contribution in [0.2, 0.25) is 0 Å². The average molecular weight is 427 g/mol. The molecular weight excluding hydrogens is 410 g/mol. The van der Waals surface area contributed by atoms with E-state index in [2.05, 4.69) is 5.32 Å². The van der Waals surface area contributed by atoms with E-state index in [9.17, 15) is 23.3 Å². The van der Waals surface area contributed by atoms with Crippen LogP contribution in [0.15, 0.2) is 83.8 Å². The standard InChI is InChI=1S/C20H17N3O6S/c1-29-23(30(27,28)19-13-11-17(12-14-19)22(25)26)18-9-7-15(8-10-18)20(24)21-16-5-3-2-4-6-16/h2-14H,1H3,(H,21,24). The summed E-state index contributed by atoms with van der Waals surface area (Å²) >= 11 is 0. The fraction of sp³-hybridized carbons (Fsp3) is 0.0500. The van der Waals surface area contributed by atoms with Gasteiger partial charge in [-0.3, -0.25) is 19.7 Å². The first-order valence-electron chi connectivity index (χ1n) is 8.63. The van der Waals surface area contributed by atoms with Crippen molar-refractivity contribution in [3.63, 3.8) is 0 Å². The number of hydrogen-bond donors (Lipinski definition) is 1. The molecular formula is C20H17N3O6S. The van der Waals surface area contributed by atoms with E-state index < -0.39 is 14.9 Å². The molecule has 3 aromatic rings. The molecule has 0 aliphatic carbocycles. The van der Waals surface area contributed by atoms with Crippen molar-refractivity contribution in [2.24, 2.45) is 0 Å². The summed E-state index contributed by atoms with van der Waals surface area (Å²) in [4.78, 5) is 27.3. The molecule has 0 aromatic heterocycles. The van der Waals surface area contributed by atoms with Crippen LogP contribution in [0.3, 0.4) is 0 Å². The number of hydrogen-bond acceptors (Lipinski definition) is 6. The van der Waals surface area contributed by atoms with E-state index in [-0.39, 0.29) is 22.2 Å². The van der Waals surface area contributed by atoms with E-state index in [1.165, 1.54) is 31.4 Å². The third-order valence-electron chi connectivity index (χ3n) is 4.10. The monoisotopic (exact) mass is 427 g/mol. The summed E-state index contributed by atoms with van der Waals surface area (Å²) in [6.45, 7) is 0. The summed E-state index contributed by atoms with van der Waals surface area (Å²) in [6, 6.07) is 19.1. The molecule has 0 spiro atoms. The Kier molecular flexibility index (Phi) is 6.09. The first-order chi connectivity index (χ1) is 14.3. The smallest absolute Gasteiger partial charge is 0.286 e. The number of nitrogens with zero attached hydrogens (tertiary/aromatic N) is 2. The van der Waals surface area contributed by atoms with E-state index >= 15 is 0 Å². The average Bonchev–Trinajstić information content (AvgIpc) is 2.75. The molecule has 0 bridgehead atoms. The number of benzene rings is 3. The molecule has 0 saturated heterocycles. The van der Waals surface area contributed by atoms with Gasteiger partial charge in [0, 0.05) is 23.4 Å². The minimum atomic E-state index is -4.14. The number of nitro benzene ring substituents is 1. The lowest BCUT2D eigenvalue weighted by atomic mass is 10.2. The highest BCUT2D eigenvalue weighted by Crippen LogP contribution is 2.25. The molecule has 0 aliphatic rings. The van der Waals surface area contributed by atoms with Gasteiger partial charge in [0.2, 0.25) is 0 Å². The predicted octanol–water partition coefficient (Wildman–Crippen LogP) is 3.60. The number of carbonyl (C=O) groups excluding carboxylic acids is 1. The quantitative estimate of drug-likeness (QED) is 0.454. The normalized spacial score (nSPS) is 11.0. The van der Waals surface area contributed by atoms with Gasteiger partial charge in [-0.1, -0.05) is 18.2 Å². The summed E-state index contributed by atoms with van der Waals surface area (Å²) in [5, 5.41) is 13.5. The molecule has 10 heteroatoms. The molecule has 0 fully saturated rings. The van der Waals surface area contributed by atoms with Crippen molar-refractivity contribution in [1.29, 1.82) is 0 Å². The molecule has 1 N–H and O–H groups in total. The van der Waals surface area contributed by atoms with Crippen LogP contribution in [0.5, 0.6) is 0 Å². The van der Waals surface area contributed by atoms with Crippen LogP contribution in [-0.2, 0) is 14.9 Å². The summed E-state index contributed by atoms with van der Waals surface area (Å²) in [5.74, 6) is -0.352. The molecule has 1 amide bonds. The summed E-state index contributed by atoms with van der Waals surface area (Å²) < 4.78 is 26.4. The van der Waals surface area contributed by atoms with Gasteiger partial charge < -0.3 is 5.32 Å². The fourth-order valence-corrected chi connectivity index (χ4v) is 3.90. The molecule has 3 aromatic carbocycles. The van der Waals surface area contributed by atoms with Crippen LogP contribution in [0, 0.1) is 10.1 Å². The van der Waals surface area contributed by atoms with Gasteiger partial charge in [-0.05, 0) is 48.5 Å². The second kappa shape index (κ2) is 8.72. The summed E-state index contributed by atoms with van der Waals surface area (Å²) in [7, 11) is -2.96. The number of amides is 1. The van der Waals surface area contributed by atoms with Crippen LogP contribution < -0.4 is 9.79 Å². The highest BCUT2D eigenvalue weighted by atomic mass is 32.2. The van der Waals surface area contributed by atoms with Crippen LogP contribution in [-0.4, -0.2) is 26.4 Å². The van der Waals surface area contributed by atoms with Crippen molar-refractivity contribution in [2.45, 2.75) is 4.90 Å². The number of rotatable bonds is 7. The Morgan fingerprint density at radius 3 is 2.10 bits per heavy atom. The van der Waals surface area contributed by atoms with Crippen LogP contribution in [0.1, 0.15) is 10.4 Å². The maximum atomic E-state index is 12.9. The van der Waals surface area contributed by atoms with E-state index in [1.54, 1.807) is 24.3 Å². The minimum absolute atomic E-state index is 0.159. The number of nitrogens with one attached hydrogen (secondary N) is 1. The van der Waals surface area contributed by atoms with Gasteiger partial charge in [0.15, 0.2) is 0 Å². The first-order valence-corrected chi connectivity index (χ1v) is 10.1. The molecule has 30 heavy (non-hydrogen) atoms. The molecule has 0 atom stereocenters. The maximum Gasteiger partial charge on any atom is 0.286 e. The molecule has 9 nitrogen and oxygen atoms in total. The lowest BCUT2D eigenvalue weighted by Crippen LogP contribution is -2.30. The maximum absolute atomic E-state index is 12.9. The molecule has 0 aliphatic heterocycles. The Hall–Kier alpha value is -3.76. The number of non-ortho nitro benzene ring substituents is 1. The van der Waals surface area contributed by atoms with E-state index in [0.29, 0.717) is 15.7 Å².